The molecule has 0 amide bonds. The molecule has 0 aromatic carbocycles. The van der Waals surface area contributed by atoms with Crippen LogP contribution in [-0.2, 0) is 28.6 Å². The number of esters is 3. The third-order valence-electron chi connectivity index (χ3n) is 3.69. The predicted octanol–water partition coefficient (Wildman–Crippen LogP) is 2.10. The molecule has 1 atom stereocenters. The Morgan fingerprint density at radius 1 is 0.762 bits per heavy atom. The van der Waals surface area contributed by atoms with E-state index < -0.39 is 28.7 Å². The van der Waals surface area contributed by atoms with E-state index in [4.69, 9.17) is 14.2 Å². The van der Waals surface area contributed by atoms with Crippen LogP contribution in [0.2, 0.25) is 0 Å². The lowest BCUT2D eigenvalue weighted by molar-refractivity contribution is -0.180. The van der Waals surface area contributed by atoms with E-state index in [0.29, 0.717) is 0 Å². The van der Waals surface area contributed by atoms with E-state index in [1.807, 2.05) is 0 Å². The third kappa shape index (κ3) is 4.44. The molecule has 0 aromatic rings. The molecule has 122 valence electrons. The highest BCUT2D eigenvalue weighted by molar-refractivity contribution is 5.91. The van der Waals surface area contributed by atoms with Gasteiger partial charge in [0.2, 0.25) is 0 Å². The fourth-order valence-corrected chi connectivity index (χ4v) is 1.88. The normalized spacial score (nSPS) is 14.0. The van der Waals surface area contributed by atoms with E-state index in [1.165, 1.54) is 6.92 Å². The predicted molar refractivity (Wildman–Crippen MR) is 76.4 cm³/mol. The van der Waals surface area contributed by atoms with Crippen LogP contribution >= 0.6 is 0 Å². The molecule has 0 heterocycles. The standard InChI is InChI=1S/C15H26O6/c1-7-19-11(16)10-15(6,13(18)21-9-3)14(4,5)12(17)20-8-2/h7-10H2,1-6H3. The van der Waals surface area contributed by atoms with Gasteiger partial charge in [0.05, 0.1) is 37.1 Å². The topological polar surface area (TPSA) is 78.9 Å². The van der Waals surface area contributed by atoms with E-state index in [1.54, 1.807) is 34.6 Å². The van der Waals surface area contributed by atoms with Gasteiger partial charge in [0, 0.05) is 0 Å². The lowest BCUT2D eigenvalue weighted by Gasteiger charge is -2.39. The average molecular weight is 302 g/mol. The molecule has 0 N–H and O–H groups in total. The summed E-state index contributed by atoms with van der Waals surface area (Å²) in [6.45, 7) is 10.3. The molecule has 1 unspecified atom stereocenters. The molecule has 0 saturated heterocycles. The van der Waals surface area contributed by atoms with Crippen LogP contribution in [0.5, 0.6) is 0 Å². The Morgan fingerprint density at radius 3 is 1.62 bits per heavy atom. The van der Waals surface area contributed by atoms with Crippen LogP contribution in [-0.4, -0.2) is 37.7 Å². The number of hydrogen-bond donors (Lipinski definition) is 0. The summed E-state index contributed by atoms with van der Waals surface area (Å²) in [6, 6.07) is 0. The van der Waals surface area contributed by atoms with Crippen molar-refractivity contribution in [3.63, 3.8) is 0 Å². The molecule has 0 rings (SSSR count). The van der Waals surface area contributed by atoms with E-state index in [2.05, 4.69) is 0 Å². The molecule has 6 nitrogen and oxygen atoms in total. The molecule has 0 aromatic heterocycles. The summed E-state index contributed by atoms with van der Waals surface area (Å²) in [5.74, 6) is -1.72. The quantitative estimate of drug-likeness (QED) is 0.504. The maximum atomic E-state index is 12.3. The van der Waals surface area contributed by atoms with Crippen molar-refractivity contribution < 1.29 is 28.6 Å². The van der Waals surface area contributed by atoms with Crippen molar-refractivity contribution in [2.75, 3.05) is 19.8 Å². The van der Waals surface area contributed by atoms with Gasteiger partial charge in [-0.25, -0.2) is 0 Å². The van der Waals surface area contributed by atoms with Crippen molar-refractivity contribution >= 4 is 17.9 Å². The van der Waals surface area contributed by atoms with E-state index in [-0.39, 0.29) is 26.2 Å². The van der Waals surface area contributed by atoms with Crippen LogP contribution in [0.15, 0.2) is 0 Å². The monoisotopic (exact) mass is 302 g/mol. The van der Waals surface area contributed by atoms with Crippen molar-refractivity contribution in [2.45, 2.75) is 48.0 Å². The van der Waals surface area contributed by atoms with Crippen LogP contribution in [0.3, 0.4) is 0 Å². The first-order valence-corrected chi connectivity index (χ1v) is 7.17. The first-order chi connectivity index (χ1) is 9.67. The second kappa shape index (κ2) is 8.00. The Hall–Kier alpha value is -1.59. The molecule has 21 heavy (non-hydrogen) atoms. The van der Waals surface area contributed by atoms with Gasteiger partial charge in [-0.2, -0.15) is 0 Å². The smallest absolute Gasteiger partial charge is 0.313 e. The largest absolute Gasteiger partial charge is 0.466 e. The van der Waals surface area contributed by atoms with Crippen LogP contribution in [0.25, 0.3) is 0 Å². The number of ether oxygens (including phenoxy) is 3. The third-order valence-corrected chi connectivity index (χ3v) is 3.69. The second-order valence-electron chi connectivity index (χ2n) is 5.38. The molecule has 0 aliphatic carbocycles. The number of carbonyl (C=O) groups excluding carboxylic acids is 3. The van der Waals surface area contributed by atoms with Crippen molar-refractivity contribution in [1.29, 1.82) is 0 Å². The summed E-state index contributed by atoms with van der Waals surface area (Å²) in [7, 11) is 0. The lowest BCUT2D eigenvalue weighted by Crippen LogP contribution is -2.50. The van der Waals surface area contributed by atoms with Gasteiger partial charge in [-0.05, 0) is 41.5 Å². The minimum atomic E-state index is -1.36. The lowest BCUT2D eigenvalue weighted by atomic mass is 9.64. The van der Waals surface area contributed by atoms with Gasteiger partial charge in [-0.15, -0.1) is 0 Å². The fraction of sp³-hybridized carbons (Fsp3) is 0.800. The van der Waals surface area contributed by atoms with Crippen LogP contribution in [0.4, 0.5) is 0 Å². The molecular weight excluding hydrogens is 276 g/mol. The number of rotatable bonds is 8. The SMILES string of the molecule is CCOC(=O)CC(C)(C(=O)OCC)C(C)(C)C(=O)OCC. The maximum absolute atomic E-state index is 12.3. The minimum absolute atomic E-state index is 0.163. The molecule has 0 bridgehead atoms. The Kier molecular flexibility index (Phi) is 7.39. The van der Waals surface area contributed by atoms with Gasteiger partial charge in [0.25, 0.3) is 0 Å². The van der Waals surface area contributed by atoms with Gasteiger partial charge in [0.15, 0.2) is 0 Å². The highest BCUT2D eigenvalue weighted by atomic mass is 16.5. The molecule has 0 fully saturated rings. The summed E-state index contributed by atoms with van der Waals surface area (Å²) in [6.07, 6.45) is -0.245. The van der Waals surface area contributed by atoms with Gasteiger partial charge in [-0.3, -0.25) is 14.4 Å². The zero-order chi connectivity index (χ0) is 16.7. The highest BCUT2D eigenvalue weighted by Gasteiger charge is 2.55. The summed E-state index contributed by atoms with van der Waals surface area (Å²) >= 11 is 0. The van der Waals surface area contributed by atoms with Gasteiger partial charge < -0.3 is 14.2 Å². The summed E-state index contributed by atoms with van der Waals surface area (Å²) in [5.41, 5.74) is -2.58. The molecule has 0 saturated carbocycles. The van der Waals surface area contributed by atoms with Gasteiger partial charge in [-0.1, -0.05) is 0 Å². The molecule has 0 aliphatic heterocycles. The van der Waals surface area contributed by atoms with Crippen molar-refractivity contribution in [2.24, 2.45) is 10.8 Å². The average Bonchev–Trinajstić information content (AvgIpc) is 2.38. The fourth-order valence-electron chi connectivity index (χ4n) is 1.88. The molecule has 0 aliphatic rings. The number of hydrogen-bond acceptors (Lipinski definition) is 6. The van der Waals surface area contributed by atoms with Crippen LogP contribution in [0.1, 0.15) is 48.0 Å². The Balaban J connectivity index is 5.52. The minimum Gasteiger partial charge on any atom is -0.466 e. The van der Waals surface area contributed by atoms with Crippen LogP contribution < -0.4 is 0 Å². The van der Waals surface area contributed by atoms with E-state index in [9.17, 15) is 14.4 Å². The highest BCUT2D eigenvalue weighted by Crippen LogP contribution is 2.44. The first kappa shape index (κ1) is 19.4. The van der Waals surface area contributed by atoms with Crippen LogP contribution in [0, 0.1) is 10.8 Å². The van der Waals surface area contributed by atoms with Gasteiger partial charge >= 0.3 is 17.9 Å². The Labute approximate surface area is 126 Å². The van der Waals surface area contributed by atoms with Gasteiger partial charge in [0.1, 0.15) is 0 Å². The zero-order valence-corrected chi connectivity index (χ0v) is 13.8. The zero-order valence-electron chi connectivity index (χ0n) is 13.8. The maximum Gasteiger partial charge on any atom is 0.313 e. The molecular formula is C15H26O6. The number of carbonyl (C=O) groups is 3. The van der Waals surface area contributed by atoms with E-state index in [0.717, 1.165) is 0 Å². The second-order valence-corrected chi connectivity index (χ2v) is 5.38. The Bertz CT molecular complexity index is 388. The van der Waals surface area contributed by atoms with Crippen molar-refractivity contribution in [3.05, 3.63) is 0 Å². The summed E-state index contributed by atoms with van der Waals surface area (Å²) in [4.78, 5) is 36.3. The molecule has 6 heteroatoms. The summed E-state index contributed by atoms with van der Waals surface area (Å²) < 4.78 is 15.0. The Morgan fingerprint density at radius 2 is 1.19 bits per heavy atom. The summed E-state index contributed by atoms with van der Waals surface area (Å²) in [5, 5.41) is 0. The molecule has 0 spiro atoms. The van der Waals surface area contributed by atoms with E-state index >= 15 is 0 Å². The van der Waals surface area contributed by atoms with Crippen molar-refractivity contribution in [3.8, 4) is 0 Å². The molecule has 0 radical (unpaired) electrons. The first-order valence-electron chi connectivity index (χ1n) is 7.17. The van der Waals surface area contributed by atoms with Crippen molar-refractivity contribution in [1.82, 2.24) is 0 Å².